The topological polar surface area (TPSA) is 101 Å². The van der Waals surface area contributed by atoms with Crippen LogP contribution in [0.3, 0.4) is 0 Å². The van der Waals surface area contributed by atoms with Crippen molar-refractivity contribution in [2.24, 2.45) is 5.92 Å². The zero-order valence-corrected chi connectivity index (χ0v) is 9.81. The van der Waals surface area contributed by atoms with Crippen molar-refractivity contribution < 1.29 is 19.1 Å². The highest BCUT2D eigenvalue weighted by Crippen LogP contribution is 2.34. The molecule has 0 aromatic carbocycles. The van der Waals surface area contributed by atoms with E-state index in [9.17, 15) is 14.6 Å². The largest absolute Gasteiger partial charge is 0.756 e. The van der Waals surface area contributed by atoms with Gasteiger partial charge in [-0.05, 0) is 12.3 Å². The molecule has 0 unspecified atom stereocenters. The minimum absolute atomic E-state index is 0.0254. The molecule has 0 saturated carbocycles. The molecule has 90 valence electrons. The van der Waals surface area contributed by atoms with E-state index in [1.807, 2.05) is 13.8 Å². The van der Waals surface area contributed by atoms with E-state index in [1.54, 1.807) is 0 Å². The van der Waals surface area contributed by atoms with Crippen molar-refractivity contribution in [1.82, 2.24) is 5.06 Å². The van der Waals surface area contributed by atoms with E-state index in [0.717, 1.165) is 0 Å². The number of hydrogen-bond donors (Lipinski definition) is 2. The zero-order chi connectivity index (χ0) is 12.1. The Hall–Kier alpha value is -0.420. The molecule has 0 aliphatic heterocycles. The number of rotatable bonds is 6. The first-order chi connectivity index (χ1) is 6.72. The van der Waals surface area contributed by atoms with E-state index >= 15 is 0 Å². The molecule has 0 fully saturated rings. The highest BCUT2D eigenvalue weighted by atomic mass is 31.2. The van der Waals surface area contributed by atoms with Gasteiger partial charge in [-0.25, -0.2) is 0 Å². The van der Waals surface area contributed by atoms with Crippen molar-refractivity contribution in [3.63, 3.8) is 0 Å². The Kier molecular flexibility index (Phi) is 6.05. The summed E-state index contributed by atoms with van der Waals surface area (Å²) in [6.07, 6.45) is -0.169. The lowest BCUT2D eigenvalue weighted by Gasteiger charge is -2.28. The van der Waals surface area contributed by atoms with Gasteiger partial charge in [0.2, 0.25) is 5.91 Å². The van der Waals surface area contributed by atoms with Crippen molar-refractivity contribution >= 4 is 13.5 Å². The molecular formula is C8H17NO5P-. The van der Waals surface area contributed by atoms with E-state index in [0.29, 0.717) is 0 Å². The summed E-state index contributed by atoms with van der Waals surface area (Å²) in [5.74, 6) is -0.425. The van der Waals surface area contributed by atoms with E-state index in [4.69, 9.17) is 9.79 Å². The molecule has 6 nitrogen and oxygen atoms in total. The van der Waals surface area contributed by atoms with Crippen LogP contribution in [0.5, 0.6) is 0 Å². The number of hydrogen-bond acceptors (Lipinski definition) is 3. The number of carbonyl (C=O) groups is 1. The first-order valence-electron chi connectivity index (χ1n) is 4.74. The molecule has 0 radical (unpaired) electrons. The highest BCUT2D eigenvalue weighted by Gasteiger charge is 2.13. The third kappa shape index (κ3) is 8.57. The van der Waals surface area contributed by atoms with Gasteiger partial charge in [-0.3, -0.25) is 9.36 Å². The van der Waals surface area contributed by atoms with E-state index < -0.39 is 13.5 Å². The highest BCUT2D eigenvalue weighted by molar-refractivity contribution is 7.51. The van der Waals surface area contributed by atoms with Crippen molar-refractivity contribution in [3.8, 4) is 0 Å². The minimum atomic E-state index is -4.06. The summed E-state index contributed by atoms with van der Waals surface area (Å²) >= 11 is 0. The van der Waals surface area contributed by atoms with Gasteiger partial charge in [0.1, 0.15) is 0 Å². The number of carbonyl (C=O) groups excluding carboxylic acids is 1. The molecule has 0 aliphatic carbocycles. The van der Waals surface area contributed by atoms with Crippen LogP contribution in [-0.2, 0) is 9.36 Å². The lowest BCUT2D eigenvalue weighted by atomic mass is 10.1. The Morgan fingerprint density at radius 3 is 2.40 bits per heavy atom. The molecule has 0 spiro atoms. The summed E-state index contributed by atoms with van der Waals surface area (Å²) in [5, 5.41) is 11.4. The van der Waals surface area contributed by atoms with Crippen LogP contribution in [0.4, 0.5) is 0 Å². The first kappa shape index (κ1) is 14.6. The van der Waals surface area contributed by atoms with Gasteiger partial charge in [-0.1, -0.05) is 13.8 Å². The van der Waals surface area contributed by atoms with Crippen LogP contribution in [0, 0.1) is 11.1 Å². The SMILES string of the molecule is CC(C)CC(=O)N([O-])CCCP(=O)(O)O. The van der Waals surface area contributed by atoms with Gasteiger partial charge < -0.3 is 20.1 Å². The second-order valence-corrected chi connectivity index (χ2v) is 5.61. The molecule has 0 saturated heterocycles. The van der Waals surface area contributed by atoms with Crippen LogP contribution in [0.1, 0.15) is 26.7 Å². The van der Waals surface area contributed by atoms with Gasteiger partial charge in [0.25, 0.3) is 0 Å². The lowest BCUT2D eigenvalue weighted by Crippen LogP contribution is -2.27. The molecule has 1 amide bonds. The molecule has 2 N–H and O–H groups in total. The van der Waals surface area contributed by atoms with Crippen LogP contribution >= 0.6 is 7.60 Å². The molecule has 15 heavy (non-hydrogen) atoms. The van der Waals surface area contributed by atoms with E-state index in [-0.39, 0.29) is 36.5 Å². The molecule has 0 aromatic rings. The van der Waals surface area contributed by atoms with Crippen molar-refractivity contribution in [1.29, 1.82) is 0 Å². The maximum atomic E-state index is 11.1. The second kappa shape index (κ2) is 6.23. The normalized spacial score (nSPS) is 11.9. The van der Waals surface area contributed by atoms with Crippen molar-refractivity contribution in [2.75, 3.05) is 12.7 Å². The number of amides is 1. The fourth-order valence-electron chi connectivity index (χ4n) is 0.996. The Balaban J connectivity index is 3.79. The summed E-state index contributed by atoms with van der Waals surface area (Å²) in [5.41, 5.74) is 0. The fourth-order valence-corrected chi connectivity index (χ4v) is 1.55. The van der Waals surface area contributed by atoms with Gasteiger partial charge in [0.05, 0.1) is 6.16 Å². The van der Waals surface area contributed by atoms with Gasteiger partial charge in [-0.15, -0.1) is 0 Å². The number of hydroxylamine groups is 2. The summed E-state index contributed by atoms with van der Waals surface area (Å²) < 4.78 is 10.4. The monoisotopic (exact) mass is 238 g/mol. The molecule has 0 bridgehead atoms. The Morgan fingerprint density at radius 2 is 2.00 bits per heavy atom. The molecule has 0 aromatic heterocycles. The number of nitrogens with zero attached hydrogens (tertiary/aromatic N) is 1. The Morgan fingerprint density at radius 1 is 1.47 bits per heavy atom. The third-order valence-electron chi connectivity index (χ3n) is 1.67. The molecule has 0 rings (SSSR count). The van der Waals surface area contributed by atoms with E-state index in [2.05, 4.69) is 0 Å². The molecule has 0 atom stereocenters. The first-order valence-corrected chi connectivity index (χ1v) is 6.54. The van der Waals surface area contributed by atoms with Crippen LogP contribution in [0.15, 0.2) is 0 Å². The minimum Gasteiger partial charge on any atom is -0.756 e. The van der Waals surface area contributed by atoms with Gasteiger partial charge in [-0.2, -0.15) is 0 Å². The standard InChI is InChI=1S/C8H17NO5P/c1-7(2)6-8(10)9(11)4-3-5-15(12,13)14/h7H,3-6H2,1-2H3,(H2,12,13,14)/q-1. The maximum Gasteiger partial charge on any atom is 0.325 e. The second-order valence-electron chi connectivity index (χ2n) is 3.84. The average Bonchev–Trinajstić information content (AvgIpc) is 2.00. The molecule has 7 heteroatoms. The van der Waals surface area contributed by atoms with Crippen LogP contribution in [0.2, 0.25) is 0 Å². The van der Waals surface area contributed by atoms with E-state index in [1.165, 1.54) is 0 Å². The van der Waals surface area contributed by atoms with Crippen molar-refractivity contribution in [2.45, 2.75) is 26.7 Å². The quantitative estimate of drug-likeness (QED) is 0.529. The smallest absolute Gasteiger partial charge is 0.325 e. The average molecular weight is 238 g/mol. The predicted octanol–water partition coefficient (Wildman–Crippen LogP) is 0.927. The van der Waals surface area contributed by atoms with Gasteiger partial charge in [0.15, 0.2) is 0 Å². The van der Waals surface area contributed by atoms with Crippen LogP contribution in [0.25, 0.3) is 0 Å². The Labute approximate surface area is 89.0 Å². The summed E-state index contributed by atoms with van der Waals surface area (Å²) in [6.45, 7) is 3.49. The van der Waals surface area contributed by atoms with Crippen LogP contribution < -0.4 is 0 Å². The molecular weight excluding hydrogens is 221 g/mol. The summed E-state index contributed by atoms with van der Waals surface area (Å²) in [4.78, 5) is 28.2. The zero-order valence-electron chi connectivity index (χ0n) is 8.92. The summed E-state index contributed by atoms with van der Waals surface area (Å²) in [6, 6.07) is 0. The fraction of sp³-hybridized carbons (Fsp3) is 0.875. The maximum absolute atomic E-state index is 11.1. The lowest BCUT2D eigenvalue weighted by molar-refractivity contribution is -0.129. The molecule has 0 aliphatic rings. The third-order valence-corrected chi connectivity index (χ3v) is 2.57. The molecule has 0 heterocycles. The van der Waals surface area contributed by atoms with Gasteiger partial charge >= 0.3 is 7.60 Å². The predicted molar refractivity (Wildman–Crippen MR) is 56.1 cm³/mol. The Bertz CT molecular complexity index is 249. The van der Waals surface area contributed by atoms with Crippen LogP contribution in [-0.4, -0.2) is 33.5 Å². The van der Waals surface area contributed by atoms with Gasteiger partial charge in [0, 0.05) is 13.0 Å². The van der Waals surface area contributed by atoms with Crippen molar-refractivity contribution in [3.05, 3.63) is 5.21 Å². The summed E-state index contributed by atoms with van der Waals surface area (Å²) in [7, 11) is -4.06.